The molecule has 0 unspecified atom stereocenters. The van der Waals surface area contributed by atoms with Crippen LogP contribution in [0.5, 0.6) is 5.75 Å². The number of carbonyl (C=O) groups is 1. The van der Waals surface area contributed by atoms with Crippen molar-refractivity contribution in [1.29, 1.82) is 0 Å². The number of nitrogens with zero attached hydrogens (tertiary/aromatic N) is 1. The molecule has 1 saturated carbocycles. The topological polar surface area (TPSA) is 59.0 Å². The number of anilines is 1. The molecule has 1 aromatic carbocycles. The van der Waals surface area contributed by atoms with Crippen molar-refractivity contribution in [2.24, 2.45) is 5.41 Å². The summed E-state index contributed by atoms with van der Waals surface area (Å²) in [5, 5.41) is 10.6. The number of hydrogen-bond acceptors (Lipinski definition) is 4. The maximum absolute atomic E-state index is 13.0. The Balaban J connectivity index is 1.66. The van der Waals surface area contributed by atoms with Crippen LogP contribution in [-0.4, -0.2) is 43.2 Å². The molecule has 0 bridgehead atoms. The minimum atomic E-state index is -4.75. The van der Waals surface area contributed by atoms with Crippen molar-refractivity contribution >= 4 is 11.6 Å². The summed E-state index contributed by atoms with van der Waals surface area (Å²) < 4.78 is 45.6. The van der Waals surface area contributed by atoms with E-state index in [0.717, 1.165) is 0 Å². The summed E-state index contributed by atoms with van der Waals surface area (Å²) >= 11 is 0. The first-order valence-corrected chi connectivity index (χ1v) is 9.06. The maximum Gasteiger partial charge on any atom is 0.573 e. The molecule has 8 heteroatoms. The van der Waals surface area contributed by atoms with E-state index in [1.807, 2.05) is 0 Å². The summed E-state index contributed by atoms with van der Waals surface area (Å²) in [4.78, 5) is 14.6. The van der Waals surface area contributed by atoms with Crippen LogP contribution in [-0.2, 0) is 9.53 Å². The van der Waals surface area contributed by atoms with Gasteiger partial charge in [0.15, 0.2) is 0 Å². The van der Waals surface area contributed by atoms with Crippen LogP contribution in [0.1, 0.15) is 32.1 Å². The van der Waals surface area contributed by atoms with Gasteiger partial charge in [0, 0.05) is 19.3 Å². The fraction of sp³-hybridized carbons (Fsp3) is 0.550. The summed E-state index contributed by atoms with van der Waals surface area (Å²) in [7, 11) is 1.53. The smallest absolute Gasteiger partial charge is 0.406 e. The number of hydrogen-bond donors (Lipinski definition) is 1. The summed E-state index contributed by atoms with van der Waals surface area (Å²) in [5.41, 5.74) is -1.11. The van der Waals surface area contributed by atoms with E-state index in [9.17, 15) is 23.1 Å². The molecule has 0 aromatic heterocycles. The predicted octanol–water partition coefficient (Wildman–Crippen LogP) is 3.26. The van der Waals surface area contributed by atoms with Crippen LogP contribution in [0.4, 0.5) is 18.9 Å². The number of carbonyl (C=O) groups excluding carboxylic acids is 1. The molecule has 0 radical (unpaired) electrons. The first-order chi connectivity index (χ1) is 13.2. The molecule has 1 N–H and O–H groups in total. The van der Waals surface area contributed by atoms with Gasteiger partial charge < -0.3 is 19.5 Å². The standard InChI is InChI=1S/C20H22F3NO4/c1-27-14-2-7-19(26)10-8-18(9-11-19)12-13-24(17(18)25)15-3-5-16(6-4-15)28-20(21,22)23/h3-6,26H,8-14H2,1H3. The van der Waals surface area contributed by atoms with Gasteiger partial charge in [-0.2, -0.15) is 0 Å². The Labute approximate surface area is 161 Å². The van der Waals surface area contributed by atoms with Crippen molar-refractivity contribution in [2.75, 3.05) is 25.2 Å². The van der Waals surface area contributed by atoms with Crippen LogP contribution in [0.3, 0.4) is 0 Å². The zero-order valence-electron chi connectivity index (χ0n) is 15.5. The molecule has 0 atom stereocenters. The van der Waals surface area contributed by atoms with Crippen LogP contribution in [0.15, 0.2) is 24.3 Å². The summed E-state index contributed by atoms with van der Waals surface area (Å²) in [6.45, 7) is 0.736. The van der Waals surface area contributed by atoms with Gasteiger partial charge in [-0.1, -0.05) is 11.8 Å². The molecule has 1 amide bonds. The van der Waals surface area contributed by atoms with E-state index < -0.39 is 17.4 Å². The Kier molecular flexibility index (Phi) is 5.60. The lowest BCUT2D eigenvalue weighted by Gasteiger charge is -2.38. The van der Waals surface area contributed by atoms with Crippen LogP contribution in [0, 0.1) is 17.3 Å². The number of methoxy groups -OCH3 is 1. The minimum Gasteiger partial charge on any atom is -0.406 e. The van der Waals surface area contributed by atoms with Crippen LogP contribution < -0.4 is 9.64 Å². The second-order valence-corrected chi connectivity index (χ2v) is 7.30. The molecule has 1 saturated heterocycles. The maximum atomic E-state index is 13.0. The number of rotatable bonds is 3. The highest BCUT2D eigenvalue weighted by atomic mass is 19.4. The Morgan fingerprint density at radius 2 is 1.79 bits per heavy atom. The van der Waals surface area contributed by atoms with Gasteiger partial charge in [0.2, 0.25) is 5.91 Å². The van der Waals surface area contributed by atoms with Crippen molar-refractivity contribution in [3.05, 3.63) is 24.3 Å². The molecule has 5 nitrogen and oxygen atoms in total. The normalized spacial score (nSPS) is 27.6. The minimum absolute atomic E-state index is 0.0520. The fourth-order valence-corrected chi connectivity index (χ4v) is 3.90. The van der Waals surface area contributed by atoms with Crippen molar-refractivity contribution in [3.8, 4) is 17.6 Å². The summed E-state index contributed by atoms with van der Waals surface area (Å²) in [6.07, 6.45) is -2.25. The van der Waals surface area contributed by atoms with Crippen LogP contribution >= 0.6 is 0 Å². The number of halogens is 3. The molecule has 1 aliphatic carbocycles. The number of benzene rings is 1. The molecule has 1 aromatic rings. The van der Waals surface area contributed by atoms with Crippen molar-refractivity contribution in [1.82, 2.24) is 0 Å². The molecule has 1 heterocycles. The van der Waals surface area contributed by atoms with E-state index in [1.54, 1.807) is 4.90 Å². The highest BCUT2D eigenvalue weighted by molar-refractivity contribution is 6.00. The van der Waals surface area contributed by atoms with Crippen LogP contribution in [0.25, 0.3) is 0 Å². The lowest BCUT2D eigenvalue weighted by Crippen LogP contribution is -2.43. The van der Waals surface area contributed by atoms with Gasteiger partial charge in [0.05, 0.1) is 5.41 Å². The molecular formula is C20H22F3NO4. The van der Waals surface area contributed by atoms with E-state index in [1.165, 1.54) is 31.4 Å². The number of ether oxygens (including phenoxy) is 2. The Morgan fingerprint density at radius 3 is 2.36 bits per heavy atom. The van der Waals surface area contributed by atoms with Crippen molar-refractivity contribution < 1.29 is 32.5 Å². The second-order valence-electron chi connectivity index (χ2n) is 7.30. The first kappa shape index (κ1) is 20.5. The largest absolute Gasteiger partial charge is 0.573 e. The van der Waals surface area contributed by atoms with Crippen molar-refractivity contribution in [3.63, 3.8) is 0 Å². The SMILES string of the molecule is COCC#CC1(O)CCC2(CCN(c3ccc(OC(F)(F)F)cc3)C2=O)CC1. The Bertz CT molecular complexity index is 771. The predicted molar refractivity (Wildman–Crippen MR) is 95.6 cm³/mol. The number of amides is 1. The van der Waals surface area contributed by atoms with Gasteiger partial charge in [0.1, 0.15) is 18.0 Å². The third kappa shape index (κ3) is 4.42. The first-order valence-electron chi connectivity index (χ1n) is 9.06. The van der Waals surface area contributed by atoms with Gasteiger partial charge in [-0.05, 0) is 56.4 Å². The highest BCUT2D eigenvalue weighted by Gasteiger charge is 2.51. The van der Waals surface area contributed by atoms with Crippen LogP contribution in [0.2, 0.25) is 0 Å². The Morgan fingerprint density at radius 1 is 1.14 bits per heavy atom. The quantitative estimate of drug-likeness (QED) is 0.796. The molecule has 3 rings (SSSR count). The lowest BCUT2D eigenvalue weighted by molar-refractivity contribution is -0.274. The summed E-state index contributed by atoms with van der Waals surface area (Å²) in [6, 6.07) is 5.30. The zero-order chi connectivity index (χ0) is 20.4. The fourth-order valence-electron chi connectivity index (χ4n) is 3.90. The van der Waals surface area contributed by atoms with Gasteiger partial charge >= 0.3 is 6.36 Å². The molecule has 2 fully saturated rings. The molecular weight excluding hydrogens is 375 g/mol. The van der Waals surface area contributed by atoms with Gasteiger partial charge in [-0.15, -0.1) is 13.2 Å². The molecule has 28 heavy (non-hydrogen) atoms. The second kappa shape index (κ2) is 7.64. The lowest BCUT2D eigenvalue weighted by atomic mass is 9.68. The molecule has 1 aliphatic heterocycles. The molecule has 1 spiro atoms. The average Bonchev–Trinajstić information content (AvgIpc) is 2.95. The van der Waals surface area contributed by atoms with Gasteiger partial charge in [-0.25, -0.2) is 0 Å². The van der Waals surface area contributed by atoms with E-state index in [2.05, 4.69) is 16.6 Å². The Hall–Kier alpha value is -2.24. The third-order valence-electron chi connectivity index (χ3n) is 5.47. The summed E-state index contributed by atoms with van der Waals surface area (Å²) in [5.74, 6) is 5.24. The molecule has 152 valence electrons. The van der Waals surface area contributed by atoms with E-state index in [0.29, 0.717) is 44.3 Å². The monoisotopic (exact) mass is 397 g/mol. The van der Waals surface area contributed by atoms with E-state index in [-0.39, 0.29) is 18.3 Å². The van der Waals surface area contributed by atoms with Gasteiger partial charge in [0.25, 0.3) is 0 Å². The third-order valence-corrected chi connectivity index (χ3v) is 5.47. The van der Waals surface area contributed by atoms with Gasteiger partial charge in [-0.3, -0.25) is 4.79 Å². The zero-order valence-corrected chi connectivity index (χ0v) is 15.5. The van der Waals surface area contributed by atoms with Crippen molar-refractivity contribution in [2.45, 2.75) is 44.1 Å². The average molecular weight is 397 g/mol. The number of aliphatic hydroxyl groups is 1. The number of alkyl halides is 3. The van der Waals surface area contributed by atoms with E-state index >= 15 is 0 Å². The highest BCUT2D eigenvalue weighted by Crippen LogP contribution is 2.48. The molecule has 2 aliphatic rings. The van der Waals surface area contributed by atoms with E-state index in [4.69, 9.17) is 4.74 Å².